The molecule has 10 heteroatoms. The summed E-state index contributed by atoms with van der Waals surface area (Å²) in [6.45, 7) is 0. The summed E-state index contributed by atoms with van der Waals surface area (Å²) in [6, 6.07) is 18.4. The standard InChI is InChI=1S/C29H34NO8P/c1-33-25-14-11-19(17-27(25)34-2)12-15-28(39(32,36-4)37-5)30-23(29(31)35-3)16-20-10-13-22-21-8-6-7-9-24(21)38-26(22)18-20/h6-11,13-14,17-18,23,28,30H,12,15-16H2,1-5H3/t23-,28-/m0/s1. The molecule has 1 N–H and O–H groups in total. The molecule has 0 saturated carbocycles. The third kappa shape index (κ3) is 6.28. The Balaban J connectivity index is 1.59. The van der Waals surface area contributed by atoms with Crippen molar-refractivity contribution < 1.29 is 37.0 Å². The first kappa shape index (κ1) is 28.6. The molecule has 2 atom stereocenters. The van der Waals surface area contributed by atoms with Crippen molar-refractivity contribution in [2.45, 2.75) is 31.1 Å². The predicted octanol–water partition coefficient (Wildman–Crippen LogP) is 5.72. The number of fused-ring (bicyclic) bond motifs is 3. The van der Waals surface area contributed by atoms with Gasteiger partial charge in [-0.15, -0.1) is 0 Å². The number of furan rings is 1. The van der Waals surface area contributed by atoms with Crippen LogP contribution in [0, 0.1) is 0 Å². The molecule has 0 fully saturated rings. The zero-order valence-electron chi connectivity index (χ0n) is 22.8. The third-order valence-corrected chi connectivity index (χ3v) is 9.00. The number of carbonyl (C=O) groups is 1. The Morgan fingerprint density at radius 3 is 2.23 bits per heavy atom. The van der Waals surface area contributed by atoms with Gasteiger partial charge in [0.15, 0.2) is 11.5 Å². The molecule has 4 aromatic rings. The molecule has 1 aromatic heterocycles. The summed E-state index contributed by atoms with van der Waals surface area (Å²) >= 11 is 0. The SMILES string of the molecule is COC(=O)[C@H](Cc1ccc2c(c1)oc1ccccc12)N[C@H](CCc1ccc(OC)c(OC)c1)P(=O)(OC)OC. The van der Waals surface area contributed by atoms with Crippen LogP contribution in [-0.4, -0.2) is 53.3 Å². The van der Waals surface area contributed by atoms with Crippen LogP contribution in [0.25, 0.3) is 21.9 Å². The number of esters is 1. The summed E-state index contributed by atoms with van der Waals surface area (Å²) in [4.78, 5) is 12.9. The van der Waals surface area contributed by atoms with Crippen LogP contribution in [0.1, 0.15) is 17.5 Å². The van der Waals surface area contributed by atoms with Gasteiger partial charge in [0.25, 0.3) is 0 Å². The maximum atomic E-state index is 13.5. The second-order valence-corrected chi connectivity index (χ2v) is 11.5. The average molecular weight is 556 g/mol. The van der Waals surface area contributed by atoms with E-state index in [9.17, 15) is 9.36 Å². The molecular weight excluding hydrogens is 521 g/mol. The van der Waals surface area contributed by atoms with Gasteiger partial charge in [0, 0.05) is 25.0 Å². The molecule has 1 heterocycles. The van der Waals surface area contributed by atoms with E-state index in [-0.39, 0.29) is 6.42 Å². The zero-order valence-corrected chi connectivity index (χ0v) is 23.7. The van der Waals surface area contributed by atoms with Gasteiger partial charge in [-0.3, -0.25) is 14.7 Å². The number of carbonyl (C=O) groups excluding carboxylic acids is 1. The first-order valence-corrected chi connectivity index (χ1v) is 14.1. The third-order valence-electron chi connectivity index (χ3n) is 6.81. The van der Waals surface area contributed by atoms with Gasteiger partial charge in [0.2, 0.25) is 0 Å². The van der Waals surface area contributed by atoms with Gasteiger partial charge in [-0.1, -0.05) is 36.4 Å². The lowest BCUT2D eigenvalue weighted by molar-refractivity contribution is -0.143. The Morgan fingerprint density at radius 2 is 1.54 bits per heavy atom. The van der Waals surface area contributed by atoms with Gasteiger partial charge in [-0.05, 0) is 54.7 Å². The van der Waals surface area contributed by atoms with Crippen molar-refractivity contribution >= 4 is 35.5 Å². The van der Waals surface area contributed by atoms with Crippen molar-refractivity contribution in [1.29, 1.82) is 0 Å². The highest BCUT2D eigenvalue weighted by molar-refractivity contribution is 7.54. The van der Waals surface area contributed by atoms with E-state index in [1.165, 1.54) is 21.3 Å². The molecule has 0 aliphatic rings. The average Bonchev–Trinajstić information content (AvgIpc) is 3.35. The number of aryl methyl sites for hydroxylation is 1. The highest BCUT2D eigenvalue weighted by atomic mass is 31.2. The Bertz CT molecular complexity index is 1470. The molecule has 0 aliphatic heterocycles. The summed E-state index contributed by atoms with van der Waals surface area (Å²) in [5.41, 5.74) is 3.31. The van der Waals surface area contributed by atoms with Crippen molar-refractivity contribution in [2.24, 2.45) is 0 Å². The fourth-order valence-electron chi connectivity index (χ4n) is 4.72. The fraction of sp³-hybridized carbons (Fsp3) is 0.345. The smallest absolute Gasteiger partial charge is 0.346 e. The second kappa shape index (κ2) is 12.7. The maximum Gasteiger partial charge on any atom is 0.346 e. The summed E-state index contributed by atoms with van der Waals surface area (Å²) in [6.07, 6.45) is 1.14. The lowest BCUT2D eigenvalue weighted by Crippen LogP contribution is -2.45. The molecule has 0 unspecified atom stereocenters. The molecule has 3 aromatic carbocycles. The van der Waals surface area contributed by atoms with Crippen LogP contribution >= 0.6 is 7.60 Å². The number of nitrogens with one attached hydrogen (secondary N) is 1. The van der Waals surface area contributed by atoms with Gasteiger partial charge >= 0.3 is 13.6 Å². The van der Waals surface area contributed by atoms with Gasteiger partial charge in [-0.2, -0.15) is 0 Å². The molecule has 0 saturated heterocycles. The second-order valence-electron chi connectivity index (χ2n) is 9.02. The molecule has 0 bridgehead atoms. The topological polar surface area (TPSA) is 105 Å². The lowest BCUT2D eigenvalue weighted by Gasteiger charge is -2.29. The molecule has 0 amide bonds. The molecule has 208 valence electrons. The predicted molar refractivity (Wildman–Crippen MR) is 150 cm³/mol. The summed E-state index contributed by atoms with van der Waals surface area (Å²) < 4.78 is 46.0. The van der Waals surface area contributed by atoms with E-state index in [0.29, 0.717) is 24.3 Å². The number of hydrogen-bond acceptors (Lipinski definition) is 9. The highest BCUT2D eigenvalue weighted by Gasteiger charge is 2.37. The first-order chi connectivity index (χ1) is 18.8. The molecular formula is C29H34NO8P. The quantitative estimate of drug-likeness (QED) is 0.164. The van der Waals surface area contributed by atoms with E-state index in [4.69, 9.17) is 27.7 Å². The van der Waals surface area contributed by atoms with Crippen molar-refractivity contribution in [1.82, 2.24) is 5.32 Å². The van der Waals surface area contributed by atoms with Crippen LogP contribution in [0.3, 0.4) is 0 Å². The fourth-order valence-corrected chi connectivity index (χ4v) is 6.18. The van der Waals surface area contributed by atoms with Crippen LogP contribution in [0.5, 0.6) is 11.5 Å². The summed E-state index contributed by atoms with van der Waals surface area (Å²) in [5.74, 6) is -0.0775. The van der Waals surface area contributed by atoms with E-state index in [1.807, 2.05) is 60.7 Å². The molecule has 9 nitrogen and oxygen atoms in total. The monoisotopic (exact) mass is 555 g/mol. The highest BCUT2D eigenvalue weighted by Crippen LogP contribution is 2.52. The minimum atomic E-state index is -3.62. The Labute approximate surface area is 227 Å². The van der Waals surface area contributed by atoms with Crippen LogP contribution in [0.4, 0.5) is 0 Å². The van der Waals surface area contributed by atoms with Crippen molar-refractivity contribution in [3.8, 4) is 11.5 Å². The Hall–Kier alpha value is -3.36. The van der Waals surface area contributed by atoms with E-state index in [0.717, 1.165) is 33.1 Å². The number of methoxy groups -OCH3 is 3. The minimum absolute atomic E-state index is 0.278. The number of ether oxygens (including phenoxy) is 3. The van der Waals surface area contributed by atoms with Crippen LogP contribution in [-0.2, 0) is 36.0 Å². The molecule has 0 spiro atoms. The molecule has 39 heavy (non-hydrogen) atoms. The normalized spacial score (nSPS) is 13.4. The van der Waals surface area contributed by atoms with Crippen LogP contribution in [0.15, 0.2) is 65.1 Å². The van der Waals surface area contributed by atoms with E-state index < -0.39 is 25.4 Å². The van der Waals surface area contributed by atoms with Gasteiger partial charge in [-0.25, -0.2) is 0 Å². The number of benzene rings is 3. The maximum absolute atomic E-state index is 13.5. The first-order valence-electron chi connectivity index (χ1n) is 12.5. The molecule has 4 rings (SSSR count). The molecule has 0 radical (unpaired) electrons. The lowest BCUT2D eigenvalue weighted by atomic mass is 10.0. The number of para-hydroxylation sites is 1. The van der Waals surface area contributed by atoms with Crippen molar-refractivity contribution in [2.75, 3.05) is 35.5 Å². The largest absolute Gasteiger partial charge is 0.493 e. The summed E-state index contributed by atoms with van der Waals surface area (Å²) in [5, 5.41) is 5.24. The van der Waals surface area contributed by atoms with Gasteiger partial charge < -0.3 is 27.7 Å². The number of rotatable bonds is 13. The zero-order chi connectivity index (χ0) is 28.0. The Kier molecular flexibility index (Phi) is 9.30. The van der Waals surface area contributed by atoms with Gasteiger partial charge in [0.05, 0.1) is 21.3 Å². The van der Waals surface area contributed by atoms with Crippen molar-refractivity contribution in [3.05, 3.63) is 71.8 Å². The van der Waals surface area contributed by atoms with E-state index in [1.54, 1.807) is 14.2 Å². The van der Waals surface area contributed by atoms with E-state index >= 15 is 0 Å². The van der Waals surface area contributed by atoms with Crippen LogP contribution < -0.4 is 14.8 Å². The summed E-state index contributed by atoms with van der Waals surface area (Å²) in [7, 11) is 3.51. The van der Waals surface area contributed by atoms with Gasteiger partial charge in [0.1, 0.15) is 23.0 Å². The molecule has 0 aliphatic carbocycles. The van der Waals surface area contributed by atoms with E-state index in [2.05, 4.69) is 5.32 Å². The number of hydrogen-bond donors (Lipinski definition) is 1. The Morgan fingerprint density at radius 1 is 0.846 bits per heavy atom. The minimum Gasteiger partial charge on any atom is -0.493 e. The van der Waals surface area contributed by atoms with Crippen molar-refractivity contribution in [3.63, 3.8) is 0 Å². The van der Waals surface area contributed by atoms with Crippen LogP contribution in [0.2, 0.25) is 0 Å².